The van der Waals surface area contributed by atoms with Crippen LogP contribution in [-0.4, -0.2) is 25.2 Å². The van der Waals surface area contributed by atoms with Gasteiger partial charge in [0.25, 0.3) is 0 Å². The van der Waals surface area contributed by atoms with Crippen LogP contribution in [0.2, 0.25) is 0 Å². The van der Waals surface area contributed by atoms with E-state index in [0.29, 0.717) is 19.7 Å². The average Bonchev–Trinajstić information content (AvgIpc) is 2.92. The molecule has 4 nitrogen and oxygen atoms in total. The van der Waals surface area contributed by atoms with Crippen molar-refractivity contribution in [3.05, 3.63) is 35.4 Å². The van der Waals surface area contributed by atoms with Crippen molar-refractivity contribution >= 4 is 5.91 Å². The Bertz CT molecular complexity index is 383. The molecule has 0 spiro atoms. The number of nitrogens with two attached hydrogens (primary N) is 1. The molecule has 1 atom stereocenters. The Morgan fingerprint density at radius 2 is 2.06 bits per heavy atom. The number of amides is 1. The van der Waals surface area contributed by atoms with Crippen molar-refractivity contribution < 1.29 is 9.53 Å². The molecule has 0 bridgehead atoms. The first-order valence-electron chi connectivity index (χ1n) is 6.47. The van der Waals surface area contributed by atoms with Crippen LogP contribution in [0.25, 0.3) is 0 Å². The maximum Gasteiger partial charge on any atom is 0.249 e. The average molecular weight is 248 g/mol. The Hall–Kier alpha value is -1.39. The molecule has 2 rings (SSSR count). The molecule has 0 aliphatic carbocycles. The Morgan fingerprint density at radius 1 is 1.33 bits per heavy atom. The van der Waals surface area contributed by atoms with Gasteiger partial charge in [-0.1, -0.05) is 24.3 Å². The van der Waals surface area contributed by atoms with Crippen LogP contribution >= 0.6 is 0 Å². The molecule has 1 unspecified atom stereocenters. The molecular formula is C14H20N2O2. The molecule has 0 aromatic heterocycles. The van der Waals surface area contributed by atoms with Gasteiger partial charge in [-0.3, -0.25) is 4.79 Å². The maximum absolute atomic E-state index is 11.7. The molecule has 1 aromatic rings. The number of carbonyl (C=O) groups is 1. The molecule has 0 saturated carbocycles. The molecule has 3 N–H and O–H groups in total. The summed E-state index contributed by atoms with van der Waals surface area (Å²) in [5.41, 5.74) is 7.82. The Kier molecular flexibility index (Phi) is 4.73. The fraction of sp³-hybridized carbons (Fsp3) is 0.500. The SMILES string of the molecule is NCCc1ccc(CNC(=O)C2CCCO2)cc1. The second-order valence-electron chi connectivity index (χ2n) is 4.57. The number of rotatable bonds is 5. The van der Waals surface area contributed by atoms with E-state index < -0.39 is 0 Å². The number of hydrogen-bond donors (Lipinski definition) is 2. The van der Waals surface area contributed by atoms with E-state index in [0.717, 1.165) is 24.8 Å². The highest BCUT2D eigenvalue weighted by atomic mass is 16.5. The molecule has 0 radical (unpaired) electrons. The van der Waals surface area contributed by atoms with Crippen LogP contribution in [0.4, 0.5) is 0 Å². The van der Waals surface area contributed by atoms with Gasteiger partial charge in [0.2, 0.25) is 5.91 Å². The lowest BCUT2D eigenvalue weighted by Gasteiger charge is -2.10. The highest BCUT2D eigenvalue weighted by Crippen LogP contribution is 2.12. The fourth-order valence-corrected chi connectivity index (χ4v) is 2.08. The molecule has 4 heteroatoms. The highest BCUT2D eigenvalue weighted by molar-refractivity contribution is 5.80. The van der Waals surface area contributed by atoms with Crippen LogP contribution in [-0.2, 0) is 22.5 Å². The van der Waals surface area contributed by atoms with Gasteiger partial charge in [-0.2, -0.15) is 0 Å². The predicted octanol–water partition coefficient (Wildman–Crippen LogP) is 0.983. The van der Waals surface area contributed by atoms with Gasteiger partial charge >= 0.3 is 0 Å². The van der Waals surface area contributed by atoms with Crippen LogP contribution in [0.15, 0.2) is 24.3 Å². The van der Waals surface area contributed by atoms with Crippen molar-refractivity contribution in [2.75, 3.05) is 13.2 Å². The first-order chi connectivity index (χ1) is 8.79. The number of nitrogens with one attached hydrogen (secondary N) is 1. The summed E-state index contributed by atoms with van der Waals surface area (Å²) in [6, 6.07) is 8.17. The van der Waals surface area contributed by atoms with E-state index in [2.05, 4.69) is 17.4 Å². The molecule has 1 heterocycles. The summed E-state index contributed by atoms with van der Waals surface area (Å²) in [5, 5.41) is 2.90. The molecule has 1 aromatic carbocycles. The number of carbonyl (C=O) groups excluding carboxylic acids is 1. The van der Waals surface area contributed by atoms with Crippen molar-refractivity contribution in [1.82, 2.24) is 5.32 Å². The van der Waals surface area contributed by atoms with E-state index in [-0.39, 0.29) is 12.0 Å². The minimum absolute atomic E-state index is 0.00136. The molecule has 1 aliphatic heterocycles. The molecule has 1 aliphatic rings. The Balaban J connectivity index is 1.80. The monoisotopic (exact) mass is 248 g/mol. The summed E-state index contributed by atoms with van der Waals surface area (Å²) in [6.07, 6.45) is 2.46. The van der Waals surface area contributed by atoms with Crippen molar-refractivity contribution in [3.63, 3.8) is 0 Å². The van der Waals surface area contributed by atoms with E-state index in [4.69, 9.17) is 10.5 Å². The van der Waals surface area contributed by atoms with Gasteiger partial charge in [0.05, 0.1) is 0 Å². The molecule has 1 amide bonds. The van der Waals surface area contributed by atoms with Crippen LogP contribution in [0.1, 0.15) is 24.0 Å². The van der Waals surface area contributed by atoms with Crippen LogP contribution < -0.4 is 11.1 Å². The maximum atomic E-state index is 11.7. The van der Waals surface area contributed by atoms with Gasteiger partial charge in [0.1, 0.15) is 6.10 Å². The Labute approximate surface area is 108 Å². The van der Waals surface area contributed by atoms with Crippen molar-refractivity contribution in [3.8, 4) is 0 Å². The van der Waals surface area contributed by atoms with E-state index in [1.54, 1.807) is 0 Å². The molecule has 1 saturated heterocycles. The third-order valence-electron chi connectivity index (χ3n) is 3.14. The minimum atomic E-state index is -0.249. The summed E-state index contributed by atoms with van der Waals surface area (Å²) in [6.45, 7) is 1.92. The standard InChI is InChI=1S/C14H20N2O2/c15-8-7-11-3-5-12(6-4-11)10-16-14(17)13-2-1-9-18-13/h3-6,13H,1-2,7-10,15H2,(H,16,17). The minimum Gasteiger partial charge on any atom is -0.368 e. The van der Waals surface area contributed by atoms with Crippen molar-refractivity contribution in [1.29, 1.82) is 0 Å². The lowest BCUT2D eigenvalue weighted by Crippen LogP contribution is -2.33. The van der Waals surface area contributed by atoms with Gasteiger partial charge in [0, 0.05) is 13.2 Å². The van der Waals surface area contributed by atoms with Crippen LogP contribution in [0.3, 0.4) is 0 Å². The highest BCUT2D eigenvalue weighted by Gasteiger charge is 2.22. The molecule has 1 fully saturated rings. The summed E-state index contributed by atoms with van der Waals surface area (Å²) in [5.74, 6) is -0.00136. The molecule has 18 heavy (non-hydrogen) atoms. The lowest BCUT2D eigenvalue weighted by atomic mass is 10.1. The van der Waals surface area contributed by atoms with Crippen LogP contribution in [0, 0.1) is 0 Å². The van der Waals surface area contributed by atoms with Gasteiger partial charge in [-0.05, 0) is 36.9 Å². The second-order valence-corrected chi connectivity index (χ2v) is 4.57. The smallest absolute Gasteiger partial charge is 0.249 e. The molecule has 98 valence electrons. The molecular weight excluding hydrogens is 228 g/mol. The zero-order valence-electron chi connectivity index (χ0n) is 10.5. The summed E-state index contributed by atoms with van der Waals surface area (Å²) in [7, 11) is 0. The number of benzene rings is 1. The van der Waals surface area contributed by atoms with Gasteiger partial charge < -0.3 is 15.8 Å². The van der Waals surface area contributed by atoms with E-state index in [9.17, 15) is 4.79 Å². The lowest BCUT2D eigenvalue weighted by molar-refractivity contribution is -0.130. The predicted molar refractivity (Wildman–Crippen MR) is 70.0 cm³/mol. The largest absolute Gasteiger partial charge is 0.368 e. The van der Waals surface area contributed by atoms with Gasteiger partial charge in [-0.15, -0.1) is 0 Å². The summed E-state index contributed by atoms with van der Waals surface area (Å²) < 4.78 is 5.33. The summed E-state index contributed by atoms with van der Waals surface area (Å²) in [4.78, 5) is 11.7. The van der Waals surface area contributed by atoms with E-state index in [1.165, 1.54) is 5.56 Å². The van der Waals surface area contributed by atoms with E-state index in [1.807, 2.05) is 12.1 Å². The fourth-order valence-electron chi connectivity index (χ4n) is 2.08. The number of ether oxygens (including phenoxy) is 1. The zero-order chi connectivity index (χ0) is 12.8. The van der Waals surface area contributed by atoms with Crippen molar-refractivity contribution in [2.24, 2.45) is 5.73 Å². The first-order valence-corrected chi connectivity index (χ1v) is 6.47. The van der Waals surface area contributed by atoms with Crippen LogP contribution in [0.5, 0.6) is 0 Å². The topological polar surface area (TPSA) is 64.3 Å². The van der Waals surface area contributed by atoms with Gasteiger partial charge in [0.15, 0.2) is 0 Å². The normalized spacial score (nSPS) is 18.8. The Morgan fingerprint density at radius 3 is 2.67 bits per heavy atom. The van der Waals surface area contributed by atoms with E-state index >= 15 is 0 Å². The second kappa shape index (κ2) is 6.52. The third kappa shape index (κ3) is 3.55. The quantitative estimate of drug-likeness (QED) is 0.816. The zero-order valence-corrected chi connectivity index (χ0v) is 10.5. The number of hydrogen-bond acceptors (Lipinski definition) is 3. The summed E-state index contributed by atoms with van der Waals surface area (Å²) >= 11 is 0. The first kappa shape index (κ1) is 13.1. The third-order valence-corrected chi connectivity index (χ3v) is 3.14. The van der Waals surface area contributed by atoms with Gasteiger partial charge in [-0.25, -0.2) is 0 Å². The van der Waals surface area contributed by atoms with Crippen molar-refractivity contribution in [2.45, 2.75) is 31.9 Å².